The van der Waals surface area contributed by atoms with Gasteiger partial charge in [-0.1, -0.05) is 48.7 Å². The molecule has 2 heterocycles. The van der Waals surface area contributed by atoms with Gasteiger partial charge in [0.25, 0.3) is 0 Å². The topological polar surface area (TPSA) is 88.3 Å². The summed E-state index contributed by atoms with van der Waals surface area (Å²) in [5.74, 6) is 0.194. The lowest BCUT2D eigenvalue weighted by Gasteiger charge is -2.29. The number of benzene rings is 2. The van der Waals surface area contributed by atoms with Crippen LogP contribution < -0.4 is 0 Å². The Labute approximate surface area is 217 Å². The minimum Gasteiger partial charge on any atom is -0.481 e. The summed E-state index contributed by atoms with van der Waals surface area (Å²) >= 11 is 0. The molecule has 3 aromatic rings. The maximum Gasteiger partial charge on any atom is 0.304 e. The molecule has 37 heavy (non-hydrogen) atoms. The number of aromatic nitrogens is 3. The number of carbonyl (C=O) groups excluding carboxylic acids is 1. The predicted octanol–water partition coefficient (Wildman–Crippen LogP) is 5.30. The lowest BCUT2D eigenvalue weighted by atomic mass is 9.84. The lowest BCUT2D eigenvalue weighted by Crippen LogP contribution is -2.32. The Morgan fingerprint density at radius 2 is 1.92 bits per heavy atom. The zero-order valence-electron chi connectivity index (χ0n) is 21.8. The van der Waals surface area contributed by atoms with Gasteiger partial charge >= 0.3 is 5.97 Å². The summed E-state index contributed by atoms with van der Waals surface area (Å²) < 4.78 is 1.74. The predicted molar refractivity (Wildman–Crippen MR) is 141 cm³/mol. The third-order valence-electron chi connectivity index (χ3n) is 9.24. The fraction of sp³-hybridized carbons (Fsp3) is 0.533. The van der Waals surface area contributed by atoms with Crippen LogP contribution in [0.1, 0.15) is 91.1 Å². The quantitative estimate of drug-likeness (QED) is 0.496. The molecule has 2 fully saturated rings. The van der Waals surface area contributed by atoms with Crippen LogP contribution in [0.2, 0.25) is 0 Å². The van der Waals surface area contributed by atoms with Gasteiger partial charge in [-0.25, -0.2) is 4.68 Å². The first-order valence-corrected chi connectivity index (χ1v) is 13.8. The third-order valence-corrected chi connectivity index (χ3v) is 9.24. The summed E-state index contributed by atoms with van der Waals surface area (Å²) in [5.41, 5.74) is 7.23. The van der Waals surface area contributed by atoms with Gasteiger partial charge in [-0.15, -0.1) is 5.10 Å². The molecule has 2 aromatic carbocycles. The highest BCUT2D eigenvalue weighted by Gasteiger charge is 2.43. The van der Waals surface area contributed by atoms with Crippen LogP contribution in [-0.2, 0) is 23.1 Å². The molecule has 1 amide bonds. The van der Waals surface area contributed by atoms with Gasteiger partial charge in [0.1, 0.15) is 5.52 Å². The maximum absolute atomic E-state index is 13.5. The number of fused-ring (bicyclic) bond motifs is 4. The van der Waals surface area contributed by atoms with E-state index in [0.717, 1.165) is 47.1 Å². The number of likely N-dealkylation sites (tertiary alicyclic amines) is 1. The molecule has 6 rings (SSSR count). The molecule has 1 N–H and O–H groups in total. The Bertz CT molecular complexity index is 1360. The zero-order chi connectivity index (χ0) is 25.7. The summed E-state index contributed by atoms with van der Waals surface area (Å²) in [6, 6.07) is 10.6. The van der Waals surface area contributed by atoms with Crippen LogP contribution in [0.4, 0.5) is 0 Å². The summed E-state index contributed by atoms with van der Waals surface area (Å²) in [6.07, 6.45) is 8.90. The number of carboxylic acids is 1. The van der Waals surface area contributed by atoms with E-state index >= 15 is 0 Å². The molecule has 2 aliphatic carbocycles. The van der Waals surface area contributed by atoms with Crippen molar-refractivity contribution in [2.24, 2.45) is 18.9 Å². The van der Waals surface area contributed by atoms with Gasteiger partial charge < -0.3 is 10.0 Å². The van der Waals surface area contributed by atoms with Gasteiger partial charge in [0.05, 0.1) is 18.0 Å². The van der Waals surface area contributed by atoms with E-state index in [1.165, 1.54) is 43.2 Å². The van der Waals surface area contributed by atoms with E-state index < -0.39 is 5.97 Å². The molecule has 7 nitrogen and oxygen atoms in total. The number of hydrogen-bond donors (Lipinski definition) is 1. The largest absolute Gasteiger partial charge is 0.481 e. The number of hydrogen-bond acceptors (Lipinski definition) is 4. The van der Waals surface area contributed by atoms with Crippen LogP contribution in [-0.4, -0.2) is 43.4 Å². The van der Waals surface area contributed by atoms with Crippen molar-refractivity contribution in [1.29, 1.82) is 0 Å². The summed E-state index contributed by atoms with van der Waals surface area (Å²) in [4.78, 5) is 27.6. The second-order valence-electron chi connectivity index (χ2n) is 11.5. The highest BCUT2D eigenvalue weighted by atomic mass is 16.4. The summed E-state index contributed by atoms with van der Waals surface area (Å²) in [6.45, 7) is 2.85. The second-order valence-corrected chi connectivity index (χ2v) is 11.5. The van der Waals surface area contributed by atoms with E-state index in [2.05, 4.69) is 33.4 Å². The van der Waals surface area contributed by atoms with Crippen molar-refractivity contribution in [3.05, 3.63) is 58.1 Å². The van der Waals surface area contributed by atoms with Crippen LogP contribution >= 0.6 is 0 Å². The average Bonchev–Trinajstić information content (AvgIpc) is 3.57. The molecule has 3 unspecified atom stereocenters. The van der Waals surface area contributed by atoms with Gasteiger partial charge in [-0.2, -0.15) is 0 Å². The Morgan fingerprint density at radius 3 is 2.70 bits per heavy atom. The van der Waals surface area contributed by atoms with Crippen molar-refractivity contribution >= 4 is 22.9 Å². The molecule has 0 spiro atoms. The number of aryl methyl sites for hydroxylation is 2. The molecule has 194 valence electrons. The van der Waals surface area contributed by atoms with Crippen LogP contribution in [0.5, 0.6) is 0 Å². The zero-order valence-corrected chi connectivity index (χ0v) is 21.8. The van der Waals surface area contributed by atoms with Crippen LogP contribution in [0, 0.1) is 18.8 Å². The summed E-state index contributed by atoms with van der Waals surface area (Å²) in [7, 11) is 1.86. The van der Waals surface area contributed by atoms with Gasteiger partial charge in [0.2, 0.25) is 5.91 Å². The number of carboxylic acid groups (broad SMARTS) is 1. The van der Waals surface area contributed by atoms with Crippen molar-refractivity contribution in [2.75, 3.05) is 6.54 Å². The van der Waals surface area contributed by atoms with E-state index in [0.29, 0.717) is 24.2 Å². The monoisotopic (exact) mass is 500 g/mol. The minimum absolute atomic E-state index is 0.00379. The molecule has 7 heteroatoms. The van der Waals surface area contributed by atoms with E-state index in [-0.39, 0.29) is 18.4 Å². The molecule has 1 aromatic heterocycles. The minimum atomic E-state index is -0.827. The first-order chi connectivity index (χ1) is 17.9. The van der Waals surface area contributed by atoms with Crippen molar-refractivity contribution < 1.29 is 14.7 Å². The molecule has 0 bridgehead atoms. The van der Waals surface area contributed by atoms with Crippen LogP contribution in [0.3, 0.4) is 0 Å². The van der Waals surface area contributed by atoms with Gasteiger partial charge in [-0.3, -0.25) is 9.59 Å². The van der Waals surface area contributed by atoms with Gasteiger partial charge in [0.15, 0.2) is 0 Å². The normalized spacial score (nSPS) is 22.3. The smallest absolute Gasteiger partial charge is 0.304 e. The number of rotatable bonds is 6. The molecule has 1 aliphatic heterocycles. The Hall–Kier alpha value is -3.22. The summed E-state index contributed by atoms with van der Waals surface area (Å²) in [5, 5.41) is 18.3. The molecule has 0 radical (unpaired) electrons. The fourth-order valence-electron chi connectivity index (χ4n) is 7.31. The Balaban J connectivity index is 1.33. The molecular formula is C30H36N4O3. The van der Waals surface area contributed by atoms with Crippen molar-refractivity contribution in [2.45, 2.75) is 76.7 Å². The third kappa shape index (κ3) is 4.32. The SMILES string of the molecule is Cc1c(C(CC(=O)O)c2ccc3c(c2)C2C(CCN2C(=O)CC2CCCCC2)C3)ccc2c1nnn2C. The number of carbonyl (C=O) groups is 2. The van der Waals surface area contributed by atoms with E-state index in [1.54, 1.807) is 4.68 Å². The van der Waals surface area contributed by atoms with Gasteiger partial charge in [0, 0.05) is 25.9 Å². The van der Waals surface area contributed by atoms with Gasteiger partial charge in [-0.05, 0) is 78.3 Å². The lowest BCUT2D eigenvalue weighted by molar-refractivity contribution is -0.137. The van der Waals surface area contributed by atoms with Crippen LogP contribution in [0.15, 0.2) is 30.3 Å². The number of nitrogens with zero attached hydrogens (tertiary/aromatic N) is 4. The Morgan fingerprint density at radius 1 is 1.11 bits per heavy atom. The number of amides is 1. The molecule has 1 saturated heterocycles. The molecule has 1 saturated carbocycles. The molecule has 3 atom stereocenters. The Kier molecular flexibility index (Phi) is 6.25. The van der Waals surface area contributed by atoms with Crippen molar-refractivity contribution in [3.8, 4) is 0 Å². The van der Waals surface area contributed by atoms with E-state index in [1.807, 2.05) is 26.1 Å². The standard InChI is InChI=1S/C30H36N4O3/c1-18-23(10-11-26-29(18)31-32-33(26)2)24(17-28(36)37)21-9-8-20-15-22-12-13-34(30(22)25(20)16-21)27(35)14-19-6-4-3-5-7-19/h8-11,16,19,22,24,30H,3-7,12-15,17H2,1-2H3,(H,36,37). The van der Waals surface area contributed by atoms with Crippen molar-refractivity contribution in [3.63, 3.8) is 0 Å². The van der Waals surface area contributed by atoms with Crippen molar-refractivity contribution in [1.82, 2.24) is 19.9 Å². The number of aliphatic carboxylic acids is 1. The van der Waals surface area contributed by atoms with E-state index in [9.17, 15) is 14.7 Å². The second kappa shape index (κ2) is 9.58. The average molecular weight is 501 g/mol. The molecular weight excluding hydrogens is 464 g/mol. The van der Waals surface area contributed by atoms with E-state index in [4.69, 9.17) is 0 Å². The molecule has 3 aliphatic rings. The first kappa shape index (κ1) is 24.1. The highest BCUT2D eigenvalue weighted by molar-refractivity contribution is 5.80. The highest BCUT2D eigenvalue weighted by Crippen LogP contribution is 2.48. The first-order valence-electron chi connectivity index (χ1n) is 13.8. The van der Waals surface area contributed by atoms with Crippen LogP contribution in [0.25, 0.3) is 11.0 Å². The fourth-order valence-corrected chi connectivity index (χ4v) is 7.31. The maximum atomic E-state index is 13.5.